The van der Waals surface area contributed by atoms with Crippen molar-refractivity contribution in [2.24, 2.45) is 0 Å². The van der Waals surface area contributed by atoms with Crippen molar-refractivity contribution in [3.05, 3.63) is 54.0 Å². The van der Waals surface area contributed by atoms with Crippen LogP contribution in [0, 0.1) is 0 Å². The van der Waals surface area contributed by atoms with Crippen molar-refractivity contribution in [2.75, 3.05) is 12.0 Å². The molecule has 3 aromatic heterocycles. The Balaban J connectivity index is 1.84. The molecule has 0 fully saturated rings. The summed E-state index contributed by atoms with van der Waals surface area (Å²) in [6, 6.07) is 5.19. The van der Waals surface area contributed by atoms with Gasteiger partial charge in [0.25, 0.3) is 5.91 Å². The molecule has 1 atom stereocenters. The van der Waals surface area contributed by atoms with Crippen molar-refractivity contribution in [3.8, 4) is 0 Å². The van der Waals surface area contributed by atoms with Gasteiger partial charge in [-0.2, -0.15) is 11.8 Å². The molecule has 0 aliphatic heterocycles. The number of nitrogens with one attached hydrogen (secondary N) is 1. The zero-order valence-electron chi connectivity index (χ0n) is 13.9. The fourth-order valence-electron chi connectivity index (χ4n) is 2.39. The molecule has 0 saturated carbocycles. The lowest BCUT2D eigenvalue weighted by Gasteiger charge is -2.16. The molecule has 26 heavy (non-hydrogen) atoms. The molecule has 9 nitrogen and oxygen atoms in total. The van der Waals surface area contributed by atoms with Crippen LogP contribution >= 0.6 is 11.8 Å². The van der Waals surface area contributed by atoms with E-state index < -0.39 is 11.9 Å². The lowest BCUT2D eigenvalue weighted by molar-refractivity contribution is 0.0689. The summed E-state index contributed by atoms with van der Waals surface area (Å²) in [5.74, 6) is -0.209. The van der Waals surface area contributed by atoms with E-state index >= 15 is 0 Å². The molecule has 134 valence electrons. The van der Waals surface area contributed by atoms with Crippen LogP contribution in [0.15, 0.2) is 36.8 Å². The normalized spacial score (nSPS) is 12.0. The molecule has 0 aliphatic carbocycles. The molecule has 0 saturated heterocycles. The maximum Gasteiger partial charge on any atom is 0.356 e. The predicted octanol–water partition coefficient (Wildman–Crippen LogP) is 1.44. The summed E-state index contributed by atoms with van der Waals surface area (Å²) >= 11 is 1.66. The number of nitrogens with zero attached hydrogens (tertiary/aromatic N) is 5. The van der Waals surface area contributed by atoms with Crippen molar-refractivity contribution in [2.45, 2.75) is 12.5 Å². The number of carbonyl (C=O) groups is 2. The molecule has 3 aromatic rings. The van der Waals surface area contributed by atoms with E-state index in [1.807, 2.05) is 35.1 Å². The maximum absolute atomic E-state index is 12.5. The van der Waals surface area contributed by atoms with Crippen molar-refractivity contribution < 1.29 is 14.7 Å². The van der Waals surface area contributed by atoms with Gasteiger partial charge in [0.1, 0.15) is 5.69 Å². The monoisotopic (exact) mass is 372 g/mol. The van der Waals surface area contributed by atoms with Crippen molar-refractivity contribution >= 4 is 29.3 Å². The highest BCUT2D eigenvalue weighted by atomic mass is 32.2. The van der Waals surface area contributed by atoms with Gasteiger partial charge in [-0.25, -0.2) is 14.8 Å². The van der Waals surface area contributed by atoms with Crippen LogP contribution in [-0.4, -0.2) is 53.6 Å². The van der Waals surface area contributed by atoms with E-state index in [2.05, 4.69) is 25.5 Å². The number of carboxylic acids is 1. The topological polar surface area (TPSA) is 122 Å². The summed E-state index contributed by atoms with van der Waals surface area (Å²) in [6.45, 7) is 0. The highest BCUT2D eigenvalue weighted by Crippen LogP contribution is 2.18. The lowest BCUT2D eigenvalue weighted by atomic mass is 10.2. The minimum Gasteiger partial charge on any atom is -0.476 e. The Morgan fingerprint density at radius 2 is 2.00 bits per heavy atom. The zero-order valence-corrected chi connectivity index (χ0v) is 14.7. The number of hydrogen-bond acceptors (Lipinski definition) is 7. The van der Waals surface area contributed by atoms with Crippen LogP contribution in [0.4, 0.5) is 0 Å². The molecular weight excluding hydrogens is 356 g/mol. The second-order valence-electron chi connectivity index (χ2n) is 5.39. The quantitative estimate of drug-likeness (QED) is 0.639. The lowest BCUT2D eigenvalue weighted by Crippen LogP contribution is -2.31. The second-order valence-corrected chi connectivity index (χ2v) is 6.37. The first-order valence-electron chi connectivity index (χ1n) is 7.75. The first-order chi connectivity index (χ1) is 12.6. The average Bonchev–Trinajstić information content (AvgIpc) is 3.09. The molecule has 3 rings (SSSR count). The minimum atomic E-state index is -1.20. The smallest absolute Gasteiger partial charge is 0.356 e. The van der Waals surface area contributed by atoms with E-state index in [-0.39, 0.29) is 17.4 Å². The van der Waals surface area contributed by atoms with E-state index in [4.69, 9.17) is 5.11 Å². The van der Waals surface area contributed by atoms with Gasteiger partial charge in [0.05, 0.1) is 18.4 Å². The number of thioether (sulfide) groups is 1. The molecule has 0 aliphatic rings. The minimum absolute atomic E-state index is 0.0398. The molecule has 0 bridgehead atoms. The summed E-state index contributed by atoms with van der Waals surface area (Å²) in [5, 5.41) is 20.1. The van der Waals surface area contributed by atoms with Gasteiger partial charge in [-0.1, -0.05) is 6.07 Å². The predicted molar refractivity (Wildman–Crippen MR) is 95.2 cm³/mol. The Hall–Kier alpha value is -3.01. The highest BCUT2D eigenvalue weighted by Gasteiger charge is 2.21. The maximum atomic E-state index is 12.5. The molecule has 0 radical (unpaired) electrons. The number of fused-ring (bicyclic) bond motifs is 1. The summed E-state index contributed by atoms with van der Waals surface area (Å²) in [6.07, 6.45) is 6.68. The van der Waals surface area contributed by atoms with Crippen molar-refractivity contribution in [3.63, 3.8) is 0 Å². The van der Waals surface area contributed by atoms with Gasteiger partial charge in [0.2, 0.25) is 0 Å². The average molecular weight is 372 g/mol. The Labute approximate surface area is 152 Å². The van der Waals surface area contributed by atoms with Gasteiger partial charge in [-0.15, -0.1) is 10.2 Å². The summed E-state index contributed by atoms with van der Waals surface area (Å²) in [4.78, 5) is 30.9. The molecular formula is C16H16N6O3S. The number of amides is 1. The van der Waals surface area contributed by atoms with Gasteiger partial charge >= 0.3 is 5.97 Å². The van der Waals surface area contributed by atoms with E-state index in [0.717, 1.165) is 18.1 Å². The van der Waals surface area contributed by atoms with Crippen LogP contribution in [0.1, 0.15) is 39.3 Å². The van der Waals surface area contributed by atoms with Crippen LogP contribution in [0.25, 0.3) is 5.65 Å². The van der Waals surface area contributed by atoms with Crippen LogP contribution in [0.3, 0.4) is 0 Å². The number of rotatable bonds is 7. The Morgan fingerprint density at radius 3 is 2.69 bits per heavy atom. The third kappa shape index (κ3) is 3.80. The zero-order chi connectivity index (χ0) is 18.5. The molecule has 1 unspecified atom stereocenters. The first-order valence-corrected chi connectivity index (χ1v) is 9.14. The molecule has 0 aromatic carbocycles. The number of aromatic carboxylic acids is 1. The van der Waals surface area contributed by atoms with Gasteiger partial charge in [-0.3, -0.25) is 9.20 Å². The standard InChI is InChI=1S/C16H16N6O3S/c1-26-7-5-10(14-21-20-13-4-2-3-6-22(13)14)19-15(23)11-8-18-12(9-17-11)16(24)25/h2-4,6,8-10H,5,7H2,1H3,(H,19,23)(H,24,25). The fourth-order valence-corrected chi connectivity index (χ4v) is 2.86. The first kappa shape index (κ1) is 17.8. The molecule has 1 amide bonds. The van der Waals surface area contributed by atoms with Crippen LogP contribution in [-0.2, 0) is 0 Å². The van der Waals surface area contributed by atoms with Crippen LogP contribution in [0.5, 0.6) is 0 Å². The van der Waals surface area contributed by atoms with E-state index in [1.54, 1.807) is 11.8 Å². The van der Waals surface area contributed by atoms with E-state index in [1.165, 1.54) is 0 Å². The second kappa shape index (κ2) is 7.91. The van der Waals surface area contributed by atoms with Crippen LogP contribution in [0.2, 0.25) is 0 Å². The Bertz CT molecular complexity index is 927. The van der Waals surface area contributed by atoms with E-state index in [9.17, 15) is 9.59 Å². The van der Waals surface area contributed by atoms with Crippen LogP contribution < -0.4 is 5.32 Å². The molecule has 3 heterocycles. The number of carbonyl (C=O) groups excluding carboxylic acids is 1. The van der Waals surface area contributed by atoms with Gasteiger partial charge < -0.3 is 10.4 Å². The summed E-state index contributed by atoms with van der Waals surface area (Å²) in [7, 11) is 0. The Morgan fingerprint density at radius 1 is 1.23 bits per heavy atom. The van der Waals surface area contributed by atoms with Gasteiger partial charge in [0.15, 0.2) is 17.2 Å². The Kier molecular flexibility index (Phi) is 5.42. The van der Waals surface area contributed by atoms with Gasteiger partial charge in [0, 0.05) is 6.20 Å². The number of hydrogen-bond donors (Lipinski definition) is 2. The summed E-state index contributed by atoms with van der Waals surface area (Å²) in [5.41, 5.74) is 0.512. The number of aromatic nitrogens is 5. The highest BCUT2D eigenvalue weighted by molar-refractivity contribution is 7.98. The fraction of sp³-hybridized carbons (Fsp3) is 0.250. The van der Waals surface area contributed by atoms with Gasteiger partial charge in [-0.05, 0) is 30.6 Å². The SMILES string of the molecule is CSCCC(NC(=O)c1cnc(C(=O)O)cn1)c1nnc2ccccn12. The third-order valence-corrected chi connectivity index (χ3v) is 4.32. The molecule has 0 spiro atoms. The molecule has 10 heteroatoms. The summed E-state index contributed by atoms with van der Waals surface area (Å²) < 4.78 is 1.82. The number of pyridine rings is 1. The number of carboxylic acid groups (broad SMARTS) is 1. The third-order valence-electron chi connectivity index (χ3n) is 3.67. The van der Waals surface area contributed by atoms with Crippen molar-refractivity contribution in [1.29, 1.82) is 0 Å². The largest absolute Gasteiger partial charge is 0.476 e. The van der Waals surface area contributed by atoms with E-state index in [0.29, 0.717) is 17.9 Å². The van der Waals surface area contributed by atoms with Crippen molar-refractivity contribution in [1.82, 2.24) is 29.9 Å². The molecule has 2 N–H and O–H groups in total.